The van der Waals surface area contributed by atoms with Crippen molar-refractivity contribution in [2.75, 3.05) is 14.2 Å². The molecule has 0 bridgehead atoms. The van der Waals surface area contributed by atoms with Gasteiger partial charge in [-0.1, -0.05) is 30.3 Å². The highest BCUT2D eigenvalue weighted by Crippen LogP contribution is 2.30. The summed E-state index contributed by atoms with van der Waals surface area (Å²) in [6.07, 6.45) is 0. The number of aromatic amines is 1. The van der Waals surface area contributed by atoms with Crippen LogP contribution in [0, 0.1) is 10.1 Å². The molecule has 0 amide bonds. The maximum atomic E-state index is 13.3. The number of nitrogens with one attached hydrogen (secondary N) is 1. The van der Waals surface area contributed by atoms with E-state index in [9.17, 15) is 19.7 Å². The molecule has 0 unspecified atom stereocenters. The fourth-order valence-electron chi connectivity index (χ4n) is 4.20. The summed E-state index contributed by atoms with van der Waals surface area (Å²) < 4.78 is 12.0. The molecule has 0 aliphatic carbocycles. The average Bonchev–Trinajstić information content (AvgIpc) is 3.21. The van der Waals surface area contributed by atoms with Gasteiger partial charge in [-0.25, -0.2) is 9.78 Å². The van der Waals surface area contributed by atoms with Gasteiger partial charge in [0.15, 0.2) is 0 Å². The molecule has 0 spiro atoms. The molecular formula is C26H20N4O6. The van der Waals surface area contributed by atoms with Crippen molar-refractivity contribution in [2.45, 2.75) is 6.54 Å². The second kappa shape index (κ2) is 8.99. The smallest absolute Gasteiger partial charge is 0.337 e. The maximum Gasteiger partial charge on any atom is 0.337 e. The standard InChI is InChI=1S/C26H20N4O6/c1-35-19-9-6-15(7-10-19)14-29-21-13-17(26(32)36-2)8-11-20(21)22-24(29)27-23(28-25(22)31)16-4-3-5-18(12-16)30(33)34/h3-13H,14H2,1-2H3,(H,27,28,31). The van der Waals surface area contributed by atoms with Crippen molar-refractivity contribution in [2.24, 2.45) is 0 Å². The van der Waals surface area contributed by atoms with E-state index < -0.39 is 16.5 Å². The number of H-pyrrole nitrogens is 1. The third-order valence-electron chi connectivity index (χ3n) is 5.97. The van der Waals surface area contributed by atoms with Gasteiger partial charge in [0.2, 0.25) is 0 Å². The number of nitro groups is 1. The predicted octanol–water partition coefficient (Wildman–Crippen LogP) is 4.30. The molecule has 10 nitrogen and oxygen atoms in total. The number of esters is 1. The molecule has 2 heterocycles. The number of carbonyl (C=O) groups is 1. The maximum absolute atomic E-state index is 13.3. The van der Waals surface area contributed by atoms with E-state index in [4.69, 9.17) is 14.5 Å². The lowest BCUT2D eigenvalue weighted by atomic mass is 10.1. The fraction of sp³-hybridized carbons (Fsp3) is 0.115. The van der Waals surface area contributed by atoms with Crippen LogP contribution >= 0.6 is 0 Å². The van der Waals surface area contributed by atoms with E-state index in [1.807, 2.05) is 28.8 Å². The van der Waals surface area contributed by atoms with Gasteiger partial charge < -0.3 is 19.0 Å². The fourth-order valence-corrected chi connectivity index (χ4v) is 4.20. The Kier molecular flexibility index (Phi) is 5.69. The molecule has 0 saturated carbocycles. The van der Waals surface area contributed by atoms with Crippen LogP contribution in [0.5, 0.6) is 5.75 Å². The Balaban J connectivity index is 1.77. The summed E-state index contributed by atoms with van der Waals surface area (Å²) in [5.41, 5.74) is 2.14. The lowest BCUT2D eigenvalue weighted by Gasteiger charge is -2.09. The Morgan fingerprint density at radius 1 is 1.08 bits per heavy atom. The van der Waals surface area contributed by atoms with Crippen LogP contribution in [0.25, 0.3) is 33.3 Å². The molecular weight excluding hydrogens is 464 g/mol. The molecule has 0 radical (unpaired) electrons. The van der Waals surface area contributed by atoms with Crippen molar-refractivity contribution in [1.82, 2.24) is 14.5 Å². The van der Waals surface area contributed by atoms with Crippen molar-refractivity contribution < 1.29 is 19.2 Å². The number of nitro benzene ring substituents is 1. The molecule has 180 valence electrons. The molecule has 3 aromatic carbocycles. The number of fused-ring (bicyclic) bond motifs is 3. The Bertz CT molecular complexity index is 1700. The molecule has 0 fully saturated rings. The molecule has 2 aromatic heterocycles. The number of methoxy groups -OCH3 is 2. The Labute approximate surface area is 203 Å². The minimum Gasteiger partial charge on any atom is -0.497 e. The third kappa shape index (κ3) is 3.94. The molecule has 5 aromatic rings. The molecule has 1 N–H and O–H groups in total. The van der Waals surface area contributed by atoms with Crippen molar-refractivity contribution in [3.63, 3.8) is 0 Å². The van der Waals surface area contributed by atoms with Gasteiger partial charge in [0.1, 0.15) is 17.2 Å². The molecule has 36 heavy (non-hydrogen) atoms. The zero-order valence-corrected chi connectivity index (χ0v) is 19.3. The number of rotatable bonds is 6. The zero-order valence-electron chi connectivity index (χ0n) is 19.3. The average molecular weight is 484 g/mol. The van der Waals surface area contributed by atoms with Crippen LogP contribution in [-0.2, 0) is 11.3 Å². The monoisotopic (exact) mass is 484 g/mol. The second-order valence-corrected chi connectivity index (χ2v) is 8.08. The second-order valence-electron chi connectivity index (χ2n) is 8.08. The highest BCUT2D eigenvalue weighted by atomic mass is 16.6. The molecule has 5 rings (SSSR count). The van der Waals surface area contributed by atoms with Crippen LogP contribution < -0.4 is 10.3 Å². The third-order valence-corrected chi connectivity index (χ3v) is 5.97. The van der Waals surface area contributed by atoms with Crippen LogP contribution in [0.1, 0.15) is 15.9 Å². The van der Waals surface area contributed by atoms with Gasteiger partial charge in [-0.3, -0.25) is 14.9 Å². The zero-order chi connectivity index (χ0) is 25.4. The van der Waals surface area contributed by atoms with Crippen molar-refractivity contribution in [3.05, 3.63) is 98.3 Å². The van der Waals surface area contributed by atoms with E-state index in [-0.39, 0.29) is 11.5 Å². The molecule has 0 saturated heterocycles. The van der Waals surface area contributed by atoms with Gasteiger partial charge in [-0.05, 0) is 29.8 Å². The Morgan fingerprint density at radius 2 is 1.86 bits per heavy atom. The van der Waals surface area contributed by atoms with Gasteiger partial charge in [-0.15, -0.1) is 0 Å². The van der Waals surface area contributed by atoms with E-state index in [0.717, 1.165) is 5.56 Å². The minimum atomic E-state index is -0.505. The van der Waals surface area contributed by atoms with Crippen molar-refractivity contribution >= 4 is 33.6 Å². The number of ether oxygens (including phenoxy) is 2. The summed E-state index contributed by atoms with van der Waals surface area (Å²) in [5, 5.41) is 12.2. The number of carbonyl (C=O) groups excluding carboxylic acids is 1. The minimum absolute atomic E-state index is 0.114. The van der Waals surface area contributed by atoms with E-state index >= 15 is 0 Å². The number of aromatic nitrogens is 3. The summed E-state index contributed by atoms with van der Waals surface area (Å²) in [6, 6.07) is 18.3. The van der Waals surface area contributed by atoms with Gasteiger partial charge >= 0.3 is 5.97 Å². The number of nitrogens with zero attached hydrogens (tertiary/aromatic N) is 3. The topological polar surface area (TPSA) is 129 Å². The van der Waals surface area contributed by atoms with Gasteiger partial charge in [0.05, 0.1) is 35.6 Å². The summed E-state index contributed by atoms with van der Waals surface area (Å²) >= 11 is 0. The molecule has 0 aliphatic heterocycles. The van der Waals surface area contributed by atoms with Crippen molar-refractivity contribution in [1.29, 1.82) is 0 Å². The predicted molar refractivity (Wildman–Crippen MR) is 133 cm³/mol. The lowest BCUT2D eigenvalue weighted by molar-refractivity contribution is -0.384. The summed E-state index contributed by atoms with van der Waals surface area (Å²) in [5.74, 6) is 0.400. The molecule has 0 atom stereocenters. The first-order valence-corrected chi connectivity index (χ1v) is 10.9. The number of non-ortho nitro benzene ring substituents is 1. The first-order chi connectivity index (χ1) is 17.4. The van der Waals surface area contributed by atoms with E-state index in [1.165, 1.54) is 25.3 Å². The number of hydrogen-bond donors (Lipinski definition) is 1. The van der Waals surface area contributed by atoms with Gasteiger partial charge in [0, 0.05) is 29.6 Å². The van der Waals surface area contributed by atoms with Gasteiger partial charge in [0.25, 0.3) is 11.2 Å². The highest BCUT2D eigenvalue weighted by molar-refractivity contribution is 6.08. The number of benzene rings is 3. The van der Waals surface area contributed by atoms with Gasteiger partial charge in [-0.2, -0.15) is 0 Å². The van der Waals surface area contributed by atoms with Crippen LogP contribution in [0.3, 0.4) is 0 Å². The SMILES string of the molecule is COC(=O)c1ccc2c3c(=O)[nH]c(-c4cccc([N+](=O)[O-])c4)nc3n(Cc3ccc(OC)cc3)c2c1. The Hall–Kier alpha value is -4.99. The Morgan fingerprint density at radius 3 is 2.56 bits per heavy atom. The summed E-state index contributed by atoms with van der Waals surface area (Å²) in [7, 11) is 2.89. The number of hydrogen-bond acceptors (Lipinski definition) is 7. The molecule has 10 heteroatoms. The first-order valence-electron chi connectivity index (χ1n) is 10.9. The van der Waals surface area contributed by atoms with E-state index in [2.05, 4.69) is 4.98 Å². The largest absolute Gasteiger partial charge is 0.497 e. The lowest BCUT2D eigenvalue weighted by Crippen LogP contribution is -2.11. The quantitative estimate of drug-likeness (QED) is 0.216. The first kappa shape index (κ1) is 22.8. The van der Waals surface area contributed by atoms with E-state index in [0.29, 0.717) is 45.4 Å². The van der Waals surface area contributed by atoms with E-state index in [1.54, 1.807) is 31.4 Å². The highest BCUT2D eigenvalue weighted by Gasteiger charge is 2.20. The summed E-state index contributed by atoms with van der Waals surface area (Å²) in [6.45, 7) is 0.347. The summed E-state index contributed by atoms with van der Waals surface area (Å²) in [4.78, 5) is 43.7. The normalized spacial score (nSPS) is 11.1. The van der Waals surface area contributed by atoms with Crippen LogP contribution in [-0.4, -0.2) is 39.6 Å². The van der Waals surface area contributed by atoms with Crippen molar-refractivity contribution in [3.8, 4) is 17.1 Å². The van der Waals surface area contributed by atoms with Crippen LogP contribution in [0.2, 0.25) is 0 Å². The molecule has 0 aliphatic rings. The van der Waals surface area contributed by atoms with Crippen LogP contribution in [0.15, 0.2) is 71.5 Å². The van der Waals surface area contributed by atoms with Crippen LogP contribution in [0.4, 0.5) is 5.69 Å².